The molecule has 0 bridgehead atoms. The minimum Gasteiger partial charge on any atom is -0.295 e. The fourth-order valence-electron chi connectivity index (χ4n) is 3.48. The predicted molar refractivity (Wildman–Crippen MR) is 89.9 cm³/mol. The van der Waals surface area contributed by atoms with Gasteiger partial charge in [0.1, 0.15) is 0 Å². The highest BCUT2D eigenvalue weighted by molar-refractivity contribution is 7.89. The molecule has 2 aromatic rings. The molecule has 0 atom stereocenters. The number of benzene rings is 1. The molecule has 1 heterocycles. The maximum atomic E-state index is 12.9. The molecule has 1 aliphatic rings. The highest BCUT2D eigenvalue weighted by Gasteiger charge is 2.42. The van der Waals surface area contributed by atoms with Gasteiger partial charge in [-0.05, 0) is 36.5 Å². The average molecular weight is 337 g/mol. The Morgan fingerprint density at radius 1 is 1.13 bits per heavy atom. The van der Waals surface area contributed by atoms with E-state index in [9.17, 15) is 13.2 Å². The molecule has 0 radical (unpaired) electrons. The van der Waals surface area contributed by atoms with Crippen molar-refractivity contribution in [2.24, 2.45) is 19.5 Å². The van der Waals surface area contributed by atoms with Crippen molar-refractivity contribution in [2.45, 2.75) is 37.6 Å². The predicted octanol–water partition coefficient (Wildman–Crippen LogP) is 1.69. The van der Waals surface area contributed by atoms with Gasteiger partial charge in [0.25, 0.3) is 0 Å². The van der Waals surface area contributed by atoms with Gasteiger partial charge >= 0.3 is 5.69 Å². The molecule has 6 nitrogen and oxygen atoms in total. The lowest BCUT2D eigenvalue weighted by Gasteiger charge is -2.46. The van der Waals surface area contributed by atoms with Crippen LogP contribution in [-0.2, 0) is 24.1 Å². The lowest BCUT2D eigenvalue weighted by molar-refractivity contribution is 0.0857. The second-order valence-electron chi connectivity index (χ2n) is 7.30. The zero-order chi connectivity index (χ0) is 17.2. The van der Waals surface area contributed by atoms with Crippen LogP contribution in [-0.4, -0.2) is 34.9 Å². The molecule has 3 rings (SSSR count). The second kappa shape index (κ2) is 4.95. The fraction of sp³-hybridized carbons (Fsp3) is 0.562. The van der Waals surface area contributed by atoms with Crippen molar-refractivity contribution in [1.82, 2.24) is 13.4 Å². The topological polar surface area (TPSA) is 64.3 Å². The molecule has 0 aliphatic heterocycles. The Morgan fingerprint density at radius 2 is 1.70 bits per heavy atom. The molecule has 0 saturated heterocycles. The van der Waals surface area contributed by atoms with Crippen molar-refractivity contribution in [3.05, 3.63) is 28.7 Å². The molecule has 0 amide bonds. The normalized spacial score (nSPS) is 18.5. The Balaban J connectivity index is 2.02. The molecule has 1 aliphatic carbocycles. The molecule has 0 unspecified atom stereocenters. The van der Waals surface area contributed by atoms with E-state index >= 15 is 0 Å². The molecule has 126 valence electrons. The number of aromatic nitrogens is 2. The zero-order valence-corrected chi connectivity index (χ0v) is 15.0. The molecular formula is C16H23N3O3S. The first-order valence-electron chi connectivity index (χ1n) is 7.68. The smallest absolute Gasteiger partial charge is 0.295 e. The maximum Gasteiger partial charge on any atom is 0.328 e. The van der Waals surface area contributed by atoms with E-state index < -0.39 is 10.0 Å². The molecule has 1 fully saturated rings. The Kier molecular flexibility index (Phi) is 3.50. The fourth-order valence-corrected chi connectivity index (χ4v) is 4.86. The van der Waals surface area contributed by atoms with Gasteiger partial charge in [-0.3, -0.25) is 9.13 Å². The first-order chi connectivity index (χ1) is 10.5. The summed E-state index contributed by atoms with van der Waals surface area (Å²) in [5.74, 6) is 0. The summed E-state index contributed by atoms with van der Waals surface area (Å²) in [6.45, 7) is 4.30. The number of hydrogen-bond acceptors (Lipinski definition) is 3. The Labute approximate surface area is 136 Å². The summed E-state index contributed by atoms with van der Waals surface area (Å²) in [4.78, 5) is 12.2. The molecular weight excluding hydrogens is 314 g/mol. The summed E-state index contributed by atoms with van der Waals surface area (Å²) in [5.41, 5.74) is 1.40. The van der Waals surface area contributed by atoms with Crippen LogP contribution in [0.1, 0.15) is 26.7 Å². The minimum absolute atomic E-state index is 0.0466. The monoisotopic (exact) mass is 337 g/mol. The lowest BCUT2D eigenvalue weighted by Crippen LogP contribution is -2.49. The van der Waals surface area contributed by atoms with Gasteiger partial charge in [0.2, 0.25) is 10.0 Å². The molecule has 1 aromatic carbocycles. The number of imidazole rings is 1. The van der Waals surface area contributed by atoms with Gasteiger partial charge in [-0.15, -0.1) is 0 Å². The van der Waals surface area contributed by atoms with Crippen LogP contribution in [0.5, 0.6) is 0 Å². The van der Waals surface area contributed by atoms with Crippen LogP contribution in [0.4, 0.5) is 0 Å². The van der Waals surface area contributed by atoms with Gasteiger partial charge in [-0.2, -0.15) is 4.31 Å². The van der Waals surface area contributed by atoms with E-state index in [1.807, 2.05) is 0 Å². The second-order valence-corrected chi connectivity index (χ2v) is 9.30. The molecule has 1 aromatic heterocycles. The van der Waals surface area contributed by atoms with Crippen molar-refractivity contribution in [2.75, 3.05) is 7.05 Å². The van der Waals surface area contributed by atoms with Crippen molar-refractivity contribution in [3.63, 3.8) is 0 Å². The van der Waals surface area contributed by atoms with Gasteiger partial charge in [-0.1, -0.05) is 13.8 Å². The van der Waals surface area contributed by atoms with Gasteiger partial charge < -0.3 is 0 Å². The number of fused-ring (bicyclic) bond motifs is 1. The van der Waals surface area contributed by atoms with Crippen molar-refractivity contribution >= 4 is 21.1 Å². The summed E-state index contributed by atoms with van der Waals surface area (Å²) in [5, 5.41) is 0. The quantitative estimate of drug-likeness (QED) is 0.856. The van der Waals surface area contributed by atoms with Gasteiger partial charge in [-0.25, -0.2) is 13.2 Å². The van der Waals surface area contributed by atoms with Crippen molar-refractivity contribution < 1.29 is 8.42 Å². The van der Waals surface area contributed by atoms with E-state index in [0.29, 0.717) is 5.52 Å². The summed E-state index contributed by atoms with van der Waals surface area (Å²) >= 11 is 0. The summed E-state index contributed by atoms with van der Waals surface area (Å²) < 4.78 is 30.2. The average Bonchev–Trinajstić information content (AvgIpc) is 2.68. The maximum absolute atomic E-state index is 12.9. The minimum atomic E-state index is -3.55. The van der Waals surface area contributed by atoms with Gasteiger partial charge in [0.05, 0.1) is 15.9 Å². The molecule has 0 N–H and O–H groups in total. The third-order valence-corrected chi connectivity index (χ3v) is 6.92. The van der Waals surface area contributed by atoms with Gasteiger partial charge in [0.15, 0.2) is 0 Å². The van der Waals surface area contributed by atoms with Crippen LogP contribution >= 0.6 is 0 Å². The molecule has 0 spiro atoms. The first-order valence-corrected chi connectivity index (χ1v) is 9.12. The standard InChI is InChI=1S/C16H23N3O3S/c1-16(2)9-11(10-16)19(5)23(21,22)12-6-7-13-14(8-12)18(4)15(20)17(13)3/h6-8,11H,9-10H2,1-5H3. The van der Waals surface area contributed by atoms with Crippen LogP contribution in [0, 0.1) is 5.41 Å². The van der Waals surface area contributed by atoms with Crippen LogP contribution in [0.25, 0.3) is 11.0 Å². The van der Waals surface area contributed by atoms with E-state index in [-0.39, 0.29) is 22.0 Å². The third kappa shape index (κ3) is 2.42. The van der Waals surface area contributed by atoms with E-state index in [2.05, 4.69) is 13.8 Å². The van der Waals surface area contributed by atoms with Crippen LogP contribution in [0.3, 0.4) is 0 Å². The highest BCUT2D eigenvalue weighted by atomic mass is 32.2. The number of sulfonamides is 1. The van der Waals surface area contributed by atoms with E-state index in [0.717, 1.165) is 18.4 Å². The Bertz CT molecular complexity index is 929. The SMILES string of the molecule is CN(C1CC(C)(C)C1)S(=O)(=O)c1ccc2c(c1)n(C)c(=O)n2C. The highest BCUT2D eigenvalue weighted by Crippen LogP contribution is 2.43. The molecule has 7 heteroatoms. The molecule has 1 saturated carbocycles. The van der Waals surface area contributed by atoms with E-state index in [1.54, 1.807) is 39.3 Å². The number of hydrogen-bond donors (Lipinski definition) is 0. The summed E-state index contributed by atoms with van der Waals surface area (Å²) in [7, 11) is 1.42. The largest absolute Gasteiger partial charge is 0.328 e. The molecule has 23 heavy (non-hydrogen) atoms. The van der Waals surface area contributed by atoms with Crippen molar-refractivity contribution in [3.8, 4) is 0 Å². The Morgan fingerprint density at radius 3 is 2.26 bits per heavy atom. The van der Waals surface area contributed by atoms with E-state index in [4.69, 9.17) is 0 Å². The van der Waals surface area contributed by atoms with Crippen LogP contribution < -0.4 is 5.69 Å². The third-order valence-electron chi connectivity index (χ3n) is 5.01. The summed E-state index contributed by atoms with van der Waals surface area (Å²) in [6.07, 6.45) is 1.74. The van der Waals surface area contributed by atoms with Crippen molar-refractivity contribution in [1.29, 1.82) is 0 Å². The summed E-state index contributed by atoms with van der Waals surface area (Å²) in [6, 6.07) is 4.91. The number of nitrogens with zero attached hydrogens (tertiary/aromatic N) is 3. The number of aryl methyl sites for hydroxylation is 2. The first kappa shape index (κ1) is 16.3. The number of rotatable bonds is 3. The van der Waals surface area contributed by atoms with Gasteiger partial charge in [0, 0.05) is 27.2 Å². The van der Waals surface area contributed by atoms with Crippen LogP contribution in [0.15, 0.2) is 27.9 Å². The van der Waals surface area contributed by atoms with E-state index in [1.165, 1.54) is 13.4 Å². The zero-order valence-electron chi connectivity index (χ0n) is 14.2. The Hall–Kier alpha value is -1.60. The van der Waals surface area contributed by atoms with Crippen LogP contribution in [0.2, 0.25) is 0 Å². The lowest BCUT2D eigenvalue weighted by atomic mass is 9.68.